The number of ether oxygens (including phenoxy) is 1. The summed E-state index contributed by atoms with van der Waals surface area (Å²) in [6.07, 6.45) is 2.61. The number of benzene rings is 1. The fourth-order valence-corrected chi connectivity index (χ4v) is 1.84. The second-order valence-electron chi connectivity index (χ2n) is 4.24. The number of hydrogen-bond donors (Lipinski definition) is 1. The highest BCUT2D eigenvalue weighted by atomic mass is 16.6. The lowest BCUT2D eigenvalue weighted by molar-refractivity contribution is -0.385. The normalized spacial score (nSPS) is 12.2. The lowest BCUT2D eigenvalue weighted by Gasteiger charge is -2.09. The highest BCUT2D eigenvalue weighted by Crippen LogP contribution is 2.28. The summed E-state index contributed by atoms with van der Waals surface area (Å²) in [6, 6.07) is 4.90. The van der Waals surface area contributed by atoms with Crippen molar-refractivity contribution in [2.75, 3.05) is 7.11 Å². The Morgan fingerprint density at radius 2 is 2.17 bits per heavy atom. The molecule has 1 unspecified atom stereocenters. The largest absolute Gasteiger partial charge is 0.490 e. The maximum absolute atomic E-state index is 10.8. The molecule has 0 spiro atoms. The highest BCUT2D eigenvalue weighted by Gasteiger charge is 2.15. The van der Waals surface area contributed by atoms with Gasteiger partial charge in [0.15, 0.2) is 5.75 Å². The summed E-state index contributed by atoms with van der Waals surface area (Å²) >= 11 is 0. The van der Waals surface area contributed by atoms with Gasteiger partial charge in [-0.15, -0.1) is 0 Å². The molecule has 0 aliphatic carbocycles. The number of nitro benzene ring substituents is 1. The van der Waals surface area contributed by atoms with E-state index in [1.54, 1.807) is 12.1 Å². The van der Waals surface area contributed by atoms with Gasteiger partial charge in [0.05, 0.1) is 18.1 Å². The number of aryl methyl sites for hydroxylation is 1. The monoisotopic (exact) mass is 253 g/mol. The van der Waals surface area contributed by atoms with Crippen LogP contribution in [-0.2, 0) is 6.42 Å². The van der Waals surface area contributed by atoms with Crippen LogP contribution in [0.2, 0.25) is 0 Å². The van der Waals surface area contributed by atoms with Crippen LogP contribution in [-0.4, -0.2) is 23.2 Å². The van der Waals surface area contributed by atoms with Gasteiger partial charge in [-0.2, -0.15) is 0 Å². The third-order valence-corrected chi connectivity index (χ3v) is 2.83. The Hall–Kier alpha value is -1.62. The zero-order valence-electron chi connectivity index (χ0n) is 10.8. The summed E-state index contributed by atoms with van der Waals surface area (Å²) in [6.45, 7) is 2.02. The fourth-order valence-electron chi connectivity index (χ4n) is 1.84. The van der Waals surface area contributed by atoms with Crippen molar-refractivity contribution in [3.05, 3.63) is 33.9 Å². The predicted molar refractivity (Wildman–Crippen MR) is 68.9 cm³/mol. The number of aliphatic hydroxyl groups is 1. The van der Waals surface area contributed by atoms with Gasteiger partial charge in [0.25, 0.3) is 0 Å². The maximum atomic E-state index is 10.8. The van der Waals surface area contributed by atoms with Gasteiger partial charge in [-0.3, -0.25) is 10.1 Å². The van der Waals surface area contributed by atoms with Crippen LogP contribution in [0.5, 0.6) is 5.75 Å². The Labute approximate surface area is 107 Å². The van der Waals surface area contributed by atoms with E-state index in [-0.39, 0.29) is 17.5 Å². The molecule has 100 valence electrons. The third-order valence-electron chi connectivity index (χ3n) is 2.83. The molecule has 0 saturated heterocycles. The fraction of sp³-hybridized carbons (Fsp3) is 0.538. The molecule has 5 nitrogen and oxygen atoms in total. The number of rotatable bonds is 7. The van der Waals surface area contributed by atoms with Crippen molar-refractivity contribution in [2.24, 2.45) is 0 Å². The molecule has 1 N–H and O–H groups in total. The number of hydrogen-bond acceptors (Lipinski definition) is 4. The molecule has 0 amide bonds. The van der Waals surface area contributed by atoms with Crippen LogP contribution >= 0.6 is 0 Å². The summed E-state index contributed by atoms with van der Waals surface area (Å²) < 4.78 is 4.93. The van der Waals surface area contributed by atoms with Gasteiger partial charge in [0.2, 0.25) is 0 Å². The van der Waals surface area contributed by atoms with Crippen LogP contribution in [0.4, 0.5) is 5.69 Å². The van der Waals surface area contributed by atoms with Crippen LogP contribution in [0.15, 0.2) is 18.2 Å². The topological polar surface area (TPSA) is 72.6 Å². The zero-order chi connectivity index (χ0) is 13.5. The van der Waals surface area contributed by atoms with Crippen LogP contribution in [0.25, 0.3) is 0 Å². The molecule has 0 aliphatic heterocycles. The Bertz CT molecular complexity index is 406. The first-order chi connectivity index (χ1) is 8.58. The summed E-state index contributed by atoms with van der Waals surface area (Å²) in [4.78, 5) is 10.4. The quantitative estimate of drug-likeness (QED) is 0.599. The molecular formula is C13H19NO4. The number of nitro groups is 1. The van der Waals surface area contributed by atoms with E-state index in [9.17, 15) is 15.2 Å². The molecule has 0 bridgehead atoms. The first-order valence-corrected chi connectivity index (χ1v) is 6.07. The molecule has 0 aliphatic rings. The van der Waals surface area contributed by atoms with Crippen LogP contribution < -0.4 is 4.74 Å². The van der Waals surface area contributed by atoms with E-state index in [4.69, 9.17) is 4.74 Å². The van der Waals surface area contributed by atoms with Crippen molar-refractivity contribution in [3.63, 3.8) is 0 Å². The summed E-state index contributed by atoms with van der Waals surface area (Å²) in [5, 5.41) is 20.5. The maximum Gasteiger partial charge on any atom is 0.311 e. The molecule has 0 radical (unpaired) electrons. The molecule has 1 atom stereocenters. The van der Waals surface area contributed by atoms with Gasteiger partial charge < -0.3 is 9.84 Å². The SMILES string of the molecule is CCCC(O)CCc1ccc(OC)c([N+](=O)[O-])c1. The van der Waals surface area contributed by atoms with Crippen molar-refractivity contribution in [1.82, 2.24) is 0 Å². The number of methoxy groups -OCH3 is 1. The van der Waals surface area contributed by atoms with Gasteiger partial charge in [-0.05, 0) is 30.9 Å². The Morgan fingerprint density at radius 3 is 2.72 bits per heavy atom. The van der Waals surface area contributed by atoms with Crippen molar-refractivity contribution in [3.8, 4) is 5.75 Å². The standard InChI is InChI=1S/C13H19NO4/c1-3-4-11(15)7-5-10-6-8-13(18-2)12(9-10)14(16)17/h6,8-9,11,15H,3-5,7H2,1-2H3. The van der Waals surface area contributed by atoms with Crippen molar-refractivity contribution >= 4 is 5.69 Å². The van der Waals surface area contributed by atoms with Crippen LogP contribution in [0.3, 0.4) is 0 Å². The molecule has 18 heavy (non-hydrogen) atoms. The van der Waals surface area contributed by atoms with E-state index in [1.807, 2.05) is 6.92 Å². The van der Waals surface area contributed by atoms with Crippen molar-refractivity contribution in [2.45, 2.75) is 38.7 Å². The molecule has 0 aromatic heterocycles. The van der Waals surface area contributed by atoms with E-state index >= 15 is 0 Å². The number of nitrogens with zero attached hydrogens (tertiary/aromatic N) is 1. The molecule has 1 rings (SSSR count). The van der Waals surface area contributed by atoms with Crippen molar-refractivity contribution in [1.29, 1.82) is 0 Å². The lowest BCUT2D eigenvalue weighted by Crippen LogP contribution is -2.07. The van der Waals surface area contributed by atoms with Gasteiger partial charge in [0, 0.05) is 6.07 Å². The second kappa shape index (κ2) is 6.96. The van der Waals surface area contributed by atoms with Gasteiger partial charge in [-0.1, -0.05) is 19.4 Å². The second-order valence-corrected chi connectivity index (χ2v) is 4.24. The van der Waals surface area contributed by atoms with Crippen molar-refractivity contribution < 1.29 is 14.8 Å². The van der Waals surface area contributed by atoms with E-state index in [1.165, 1.54) is 13.2 Å². The molecule has 1 aromatic carbocycles. The summed E-state index contributed by atoms with van der Waals surface area (Å²) in [5.74, 6) is 0.262. The highest BCUT2D eigenvalue weighted by molar-refractivity contribution is 5.48. The minimum atomic E-state index is -0.454. The minimum absolute atomic E-state index is 0.0278. The van der Waals surface area contributed by atoms with E-state index in [0.717, 1.165) is 18.4 Å². The zero-order valence-corrected chi connectivity index (χ0v) is 10.8. The van der Waals surface area contributed by atoms with Gasteiger partial charge >= 0.3 is 5.69 Å². The predicted octanol–water partition coefficient (Wildman–Crippen LogP) is 2.70. The third kappa shape index (κ3) is 4.00. The summed E-state index contributed by atoms with van der Waals surface area (Å²) in [7, 11) is 1.41. The Kier molecular flexibility index (Phi) is 5.58. The number of aliphatic hydroxyl groups excluding tert-OH is 1. The van der Waals surface area contributed by atoms with E-state index in [2.05, 4.69) is 0 Å². The molecule has 0 saturated carbocycles. The molecule has 0 fully saturated rings. The van der Waals surface area contributed by atoms with E-state index < -0.39 is 4.92 Å². The summed E-state index contributed by atoms with van der Waals surface area (Å²) in [5.41, 5.74) is 0.817. The Balaban J connectivity index is 2.73. The first kappa shape index (κ1) is 14.4. The van der Waals surface area contributed by atoms with Gasteiger partial charge in [-0.25, -0.2) is 0 Å². The van der Waals surface area contributed by atoms with E-state index in [0.29, 0.717) is 12.8 Å². The average molecular weight is 253 g/mol. The lowest BCUT2D eigenvalue weighted by atomic mass is 10.0. The van der Waals surface area contributed by atoms with Crippen LogP contribution in [0, 0.1) is 10.1 Å². The Morgan fingerprint density at radius 1 is 1.44 bits per heavy atom. The molecule has 5 heteroatoms. The smallest absolute Gasteiger partial charge is 0.311 e. The molecule has 0 heterocycles. The van der Waals surface area contributed by atoms with Crippen LogP contribution in [0.1, 0.15) is 31.7 Å². The minimum Gasteiger partial charge on any atom is -0.490 e. The molecular weight excluding hydrogens is 234 g/mol. The average Bonchev–Trinajstić information content (AvgIpc) is 2.36. The van der Waals surface area contributed by atoms with Gasteiger partial charge in [0.1, 0.15) is 0 Å². The first-order valence-electron chi connectivity index (χ1n) is 6.07. The molecule has 1 aromatic rings.